The van der Waals surface area contributed by atoms with Crippen LogP contribution in [0, 0.1) is 6.42 Å². The third-order valence-electron chi connectivity index (χ3n) is 0.757. The summed E-state index contributed by atoms with van der Waals surface area (Å²) >= 11 is 0. The lowest BCUT2D eigenvalue weighted by Gasteiger charge is -1.80. The zero-order chi connectivity index (χ0) is 5.82. The molecule has 0 saturated carbocycles. The van der Waals surface area contributed by atoms with E-state index in [1.54, 1.807) is 0 Å². The fourth-order valence-corrected chi connectivity index (χ4v) is 0.446. The molecule has 3 nitrogen and oxygen atoms in total. The van der Waals surface area contributed by atoms with Crippen LogP contribution in [0.5, 0.6) is 0 Å². The Bertz CT molecular complexity index is 136. The molecule has 0 atom stereocenters. The van der Waals surface area contributed by atoms with E-state index < -0.39 is 0 Å². The molecule has 0 unspecified atom stereocenters. The summed E-state index contributed by atoms with van der Waals surface area (Å²) in [4.78, 5) is 3.77. The van der Waals surface area contributed by atoms with Crippen LogP contribution in [0.4, 0.5) is 0 Å². The minimum atomic E-state index is 0.604. The van der Waals surface area contributed by atoms with E-state index in [0.29, 0.717) is 5.89 Å². The molecule has 1 aromatic heterocycles. The van der Waals surface area contributed by atoms with Gasteiger partial charge in [0.15, 0.2) is 6.33 Å². The maximum Gasteiger partial charge on any atom is 0.230 e. The van der Waals surface area contributed by atoms with E-state index in [9.17, 15) is 0 Å². The van der Waals surface area contributed by atoms with Gasteiger partial charge in [0.25, 0.3) is 0 Å². The predicted octanol–water partition coefficient (Wildman–Crippen LogP) is 1.03. The van der Waals surface area contributed by atoms with Gasteiger partial charge >= 0.3 is 0 Å². The fourth-order valence-electron chi connectivity index (χ4n) is 0.446. The summed E-state index contributed by atoms with van der Waals surface area (Å²) in [6.45, 7) is 2.02. The van der Waals surface area contributed by atoms with Crippen molar-refractivity contribution in [2.75, 3.05) is 0 Å². The van der Waals surface area contributed by atoms with E-state index in [4.69, 9.17) is 0 Å². The van der Waals surface area contributed by atoms with Crippen molar-refractivity contribution < 1.29 is 4.52 Å². The van der Waals surface area contributed by atoms with Crippen LogP contribution in [0.2, 0.25) is 0 Å². The van der Waals surface area contributed by atoms with Crippen molar-refractivity contribution in [2.45, 2.75) is 13.3 Å². The summed E-state index contributed by atoms with van der Waals surface area (Å²) in [6, 6.07) is 0. The monoisotopic (exact) mass is 111 g/mol. The van der Waals surface area contributed by atoms with Crippen molar-refractivity contribution in [1.82, 2.24) is 10.1 Å². The van der Waals surface area contributed by atoms with Crippen LogP contribution < -0.4 is 0 Å². The van der Waals surface area contributed by atoms with Crippen LogP contribution in [0.15, 0.2) is 10.9 Å². The minimum Gasteiger partial charge on any atom is -0.339 e. The van der Waals surface area contributed by atoms with E-state index in [0.717, 1.165) is 6.42 Å². The highest BCUT2D eigenvalue weighted by Gasteiger charge is 1.93. The summed E-state index contributed by atoms with van der Waals surface area (Å²) in [6.07, 6.45) is 4.19. The summed E-state index contributed by atoms with van der Waals surface area (Å²) < 4.78 is 4.66. The Balaban J connectivity index is 2.50. The van der Waals surface area contributed by atoms with Gasteiger partial charge in [-0.2, -0.15) is 4.98 Å². The second kappa shape index (κ2) is 2.45. The van der Waals surface area contributed by atoms with Crippen LogP contribution in [0.25, 0.3) is 0 Å². The highest BCUT2D eigenvalue weighted by atomic mass is 16.5. The van der Waals surface area contributed by atoms with E-state index >= 15 is 0 Å². The first-order chi connectivity index (χ1) is 3.93. The van der Waals surface area contributed by atoms with Gasteiger partial charge in [0.1, 0.15) is 0 Å². The number of hydrogen-bond acceptors (Lipinski definition) is 3. The highest BCUT2D eigenvalue weighted by Crippen LogP contribution is 1.96. The van der Waals surface area contributed by atoms with Gasteiger partial charge in [-0.1, -0.05) is 12.1 Å². The molecule has 1 radical (unpaired) electrons. The van der Waals surface area contributed by atoms with Crippen LogP contribution in [0.3, 0.4) is 0 Å². The molecule has 0 aliphatic heterocycles. The maximum atomic E-state index is 4.66. The zero-order valence-electron chi connectivity index (χ0n) is 4.66. The molecule has 1 heterocycles. The van der Waals surface area contributed by atoms with Crippen molar-refractivity contribution in [2.24, 2.45) is 0 Å². The molecule has 0 saturated heterocycles. The van der Waals surface area contributed by atoms with Gasteiger partial charge in [0.05, 0.1) is 0 Å². The summed E-state index contributed by atoms with van der Waals surface area (Å²) in [5.41, 5.74) is 0. The lowest BCUT2D eigenvalue weighted by molar-refractivity contribution is 0.395. The molecule has 8 heavy (non-hydrogen) atoms. The molecule has 0 aliphatic carbocycles. The maximum absolute atomic E-state index is 4.66. The first kappa shape index (κ1) is 5.28. The van der Waals surface area contributed by atoms with Gasteiger partial charge < -0.3 is 4.52 Å². The lowest BCUT2D eigenvalue weighted by atomic mass is 10.3. The third kappa shape index (κ3) is 1.05. The largest absolute Gasteiger partial charge is 0.339 e. The van der Waals surface area contributed by atoms with Crippen LogP contribution >= 0.6 is 0 Å². The zero-order valence-corrected chi connectivity index (χ0v) is 4.66. The van der Waals surface area contributed by atoms with Gasteiger partial charge in [0.2, 0.25) is 5.89 Å². The quantitative estimate of drug-likeness (QED) is 0.572. The molecule has 1 aromatic rings. The first-order valence-electron chi connectivity index (χ1n) is 2.53. The smallest absolute Gasteiger partial charge is 0.230 e. The Morgan fingerprint density at radius 3 is 3.25 bits per heavy atom. The van der Waals surface area contributed by atoms with Crippen molar-refractivity contribution in [3.05, 3.63) is 18.6 Å². The highest BCUT2D eigenvalue weighted by molar-refractivity contribution is 4.90. The average Bonchev–Trinajstić information content (AvgIpc) is 2.19. The van der Waals surface area contributed by atoms with Gasteiger partial charge in [-0.25, -0.2) is 0 Å². The van der Waals surface area contributed by atoms with Crippen molar-refractivity contribution in [3.63, 3.8) is 0 Å². The van der Waals surface area contributed by atoms with E-state index in [1.165, 1.54) is 6.33 Å². The normalized spacial score (nSPS) is 9.62. The Labute approximate surface area is 47.7 Å². The first-order valence-corrected chi connectivity index (χ1v) is 2.53. The fraction of sp³-hybridized carbons (Fsp3) is 0.400. The molecule has 0 bridgehead atoms. The van der Waals surface area contributed by atoms with Crippen LogP contribution in [-0.2, 0) is 0 Å². The molecule has 1 rings (SSSR count). The molecule has 43 valence electrons. The molecule has 0 aliphatic rings. The Kier molecular flexibility index (Phi) is 1.62. The van der Waals surface area contributed by atoms with Crippen molar-refractivity contribution in [1.29, 1.82) is 0 Å². The number of aromatic nitrogens is 2. The standard InChI is InChI=1S/C5H7N2O/c1-2-3-5-6-4-7-8-5/h3-4H,2H2,1H3. The molecule has 3 heteroatoms. The van der Waals surface area contributed by atoms with Crippen LogP contribution in [0.1, 0.15) is 19.2 Å². The van der Waals surface area contributed by atoms with Gasteiger partial charge in [-0.05, 0) is 6.42 Å². The Hall–Kier alpha value is -0.860. The van der Waals surface area contributed by atoms with E-state index in [-0.39, 0.29) is 0 Å². The van der Waals surface area contributed by atoms with Crippen molar-refractivity contribution >= 4 is 0 Å². The number of hydrogen-bond donors (Lipinski definition) is 0. The van der Waals surface area contributed by atoms with Crippen molar-refractivity contribution in [3.8, 4) is 0 Å². The van der Waals surface area contributed by atoms with Crippen LogP contribution in [-0.4, -0.2) is 10.1 Å². The van der Waals surface area contributed by atoms with Gasteiger partial charge in [0, 0.05) is 6.42 Å². The summed E-state index contributed by atoms with van der Waals surface area (Å²) in [7, 11) is 0. The SMILES string of the molecule is CC[CH]c1ncno1. The summed E-state index contributed by atoms with van der Waals surface area (Å²) in [5.74, 6) is 0.604. The Morgan fingerprint density at radius 1 is 1.88 bits per heavy atom. The van der Waals surface area contributed by atoms with E-state index in [2.05, 4.69) is 14.7 Å². The summed E-state index contributed by atoms with van der Waals surface area (Å²) in [5, 5.41) is 3.42. The molecule has 0 spiro atoms. The Morgan fingerprint density at radius 2 is 2.75 bits per heavy atom. The topological polar surface area (TPSA) is 38.9 Å². The van der Waals surface area contributed by atoms with Gasteiger partial charge in [-0.3, -0.25) is 0 Å². The molecule has 0 N–H and O–H groups in total. The second-order valence-electron chi connectivity index (χ2n) is 1.39. The molecular weight excluding hydrogens is 104 g/mol. The van der Waals surface area contributed by atoms with E-state index in [1.807, 2.05) is 13.3 Å². The van der Waals surface area contributed by atoms with Gasteiger partial charge in [-0.15, -0.1) is 0 Å². The number of rotatable bonds is 2. The minimum absolute atomic E-state index is 0.604. The molecule has 0 aromatic carbocycles. The predicted molar refractivity (Wildman–Crippen MR) is 28.0 cm³/mol. The number of nitrogens with zero attached hydrogens (tertiary/aromatic N) is 2. The third-order valence-corrected chi connectivity index (χ3v) is 0.757. The molecule has 0 amide bonds. The lowest BCUT2D eigenvalue weighted by Crippen LogP contribution is -1.75. The molecular formula is C5H7N2O. The molecule has 0 fully saturated rings. The second-order valence-corrected chi connectivity index (χ2v) is 1.39. The average molecular weight is 111 g/mol.